The number of ketones is 1. The molecule has 0 fully saturated rings. The average molecular weight is 221 g/mol. The molecule has 0 spiro atoms. The Bertz CT molecular complexity index is 388. The van der Waals surface area contributed by atoms with Gasteiger partial charge in [-0.15, -0.1) is 0 Å². The standard InChI is InChI=1S/C12H15NO3/c1-3-13-12(15)11(14)10-7-5-4-6-9(10)8-16-2/h4-7H,3,8H2,1-2H3,(H,13,15). The van der Waals surface area contributed by atoms with Gasteiger partial charge in [0.25, 0.3) is 11.7 Å². The molecule has 4 nitrogen and oxygen atoms in total. The summed E-state index contributed by atoms with van der Waals surface area (Å²) < 4.78 is 4.97. The summed E-state index contributed by atoms with van der Waals surface area (Å²) in [6.45, 7) is 2.53. The summed E-state index contributed by atoms with van der Waals surface area (Å²) in [5.41, 5.74) is 1.12. The van der Waals surface area contributed by atoms with Crippen molar-refractivity contribution in [2.75, 3.05) is 13.7 Å². The molecule has 0 unspecified atom stereocenters. The van der Waals surface area contributed by atoms with Gasteiger partial charge < -0.3 is 10.1 Å². The number of nitrogens with one attached hydrogen (secondary N) is 1. The van der Waals surface area contributed by atoms with Crippen LogP contribution < -0.4 is 5.32 Å². The van der Waals surface area contributed by atoms with Crippen molar-refractivity contribution in [3.05, 3.63) is 35.4 Å². The van der Waals surface area contributed by atoms with Crippen LogP contribution in [0.2, 0.25) is 0 Å². The molecule has 0 aliphatic rings. The van der Waals surface area contributed by atoms with Crippen LogP contribution in [0.25, 0.3) is 0 Å². The van der Waals surface area contributed by atoms with Crippen molar-refractivity contribution in [2.24, 2.45) is 0 Å². The Hall–Kier alpha value is -1.68. The van der Waals surface area contributed by atoms with E-state index in [1.165, 1.54) is 0 Å². The fourth-order valence-corrected chi connectivity index (χ4v) is 1.39. The highest BCUT2D eigenvalue weighted by molar-refractivity contribution is 6.43. The minimum atomic E-state index is -0.578. The number of rotatable bonds is 5. The second-order valence-electron chi connectivity index (χ2n) is 3.28. The summed E-state index contributed by atoms with van der Waals surface area (Å²) in [4.78, 5) is 23.2. The van der Waals surface area contributed by atoms with Gasteiger partial charge in [0.1, 0.15) is 0 Å². The lowest BCUT2D eigenvalue weighted by Crippen LogP contribution is -2.31. The molecule has 0 aliphatic carbocycles. The van der Waals surface area contributed by atoms with Crippen LogP contribution in [0, 0.1) is 0 Å². The van der Waals surface area contributed by atoms with Crippen LogP contribution in [-0.2, 0) is 16.1 Å². The molecule has 4 heteroatoms. The maximum atomic E-state index is 11.8. The molecule has 16 heavy (non-hydrogen) atoms. The third-order valence-corrected chi connectivity index (χ3v) is 2.11. The molecule has 0 heterocycles. The Morgan fingerprint density at radius 2 is 2.00 bits per heavy atom. The van der Waals surface area contributed by atoms with E-state index in [0.717, 1.165) is 5.56 Å². The second kappa shape index (κ2) is 6.02. The number of amides is 1. The average Bonchev–Trinajstić information content (AvgIpc) is 2.29. The maximum Gasteiger partial charge on any atom is 0.292 e. The number of carbonyl (C=O) groups excluding carboxylic acids is 2. The molecule has 1 aromatic carbocycles. The van der Waals surface area contributed by atoms with Crippen LogP contribution in [0.15, 0.2) is 24.3 Å². The lowest BCUT2D eigenvalue weighted by Gasteiger charge is -2.07. The number of benzene rings is 1. The van der Waals surface area contributed by atoms with E-state index < -0.39 is 11.7 Å². The van der Waals surface area contributed by atoms with Crippen molar-refractivity contribution in [3.63, 3.8) is 0 Å². The van der Waals surface area contributed by atoms with Gasteiger partial charge in [-0.2, -0.15) is 0 Å². The molecule has 1 amide bonds. The third kappa shape index (κ3) is 2.90. The van der Waals surface area contributed by atoms with E-state index >= 15 is 0 Å². The van der Waals surface area contributed by atoms with Crippen molar-refractivity contribution in [1.29, 1.82) is 0 Å². The summed E-state index contributed by atoms with van der Waals surface area (Å²) in [5.74, 6) is -1.10. The van der Waals surface area contributed by atoms with Gasteiger partial charge in [0, 0.05) is 19.2 Å². The van der Waals surface area contributed by atoms with Crippen LogP contribution in [0.3, 0.4) is 0 Å². The highest BCUT2D eigenvalue weighted by Gasteiger charge is 2.17. The van der Waals surface area contributed by atoms with E-state index in [4.69, 9.17) is 4.74 Å². The molecular formula is C12H15NO3. The van der Waals surface area contributed by atoms with Crippen molar-refractivity contribution < 1.29 is 14.3 Å². The minimum Gasteiger partial charge on any atom is -0.380 e. The number of methoxy groups -OCH3 is 1. The zero-order chi connectivity index (χ0) is 12.0. The number of likely N-dealkylation sites (N-methyl/N-ethyl adjacent to an activating group) is 1. The molecule has 0 aromatic heterocycles. The summed E-state index contributed by atoms with van der Waals surface area (Å²) in [6.07, 6.45) is 0. The topological polar surface area (TPSA) is 55.4 Å². The lowest BCUT2D eigenvalue weighted by atomic mass is 10.0. The first-order chi connectivity index (χ1) is 7.70. The Balaban J connectivity index is 2.94. The molecule has 0 saturated carbocycles. The van der Waals surface area contributed by atoms with Gasteiger partial charge in [0.15, 0.2) is 0 Å². The predicted octanol–water partition coefficient (Wildman–Crippen LogP) is 1.15. The molecule has 1 rings (SSSR count). The van der Waals surface area contributed by atoms with Crippen molar-refractivity contribution in [1.82, 2.24) is 5.32 Å². The van der Waals surface area contributed by atoms with Gasteiger partial charge in [-0.1, -0.05) is 24.3 Å². The Kier molecular flexibility index (Phi) is 4.66. The molecule has 86 valence electrons. The fourth-order valence-electron chi connectivity index (χ4n) is 1.39. The smallest absolute Gasteiger partial charge is 0.292 e. The van der Waals surface area contributed by atoms with Gasteiger partial charge in [0.2, 0.25) is 0 Å². The summed E-state index contributed by atoms with van der Waals surface area (Å²) in [7, 11) is 1.55. The van der Waals surface area contributed by atoms with Gasteiger partial charge in [0.05, 0.1) is 6.61 Å². The lowest BCUT2D eigenvalue weighted by molar-refractivity contribution is -0.116. The highest BCUT2D eigenvalue weighted by Crippen LogP contribution is 2.10. The number of hydrogen-bond acceptors (Lipinski definition) is 3. The number of carbonyl (C=O) groups is 2. The number of Topliss-reactive ketones (excluding diaryl/α,β-unsaturated/α-hetero) is 1. The number of hydrogen-bond donors (Lipinski definition) is 1. The van der Waals surface area contributed by atoms with E-state index in [0.29, 0.717) is 18.7 Å². The SMILES string of the molecule is CCNC(=O)C(=O)c1ccccc1COC. The second-order valence-corrected chi connectivity index (χ2v) is 3.28. The van der Waals surface area contributed by atoms with Gasteiger partial charge in [-0.3, -0.25) is 9.59 Å². The zero-order valence-corrected chi connectivity index (χ0v) is 9.45. The van der Waals surface area contributed by atoms with E-state index in [2.05, 4.69) is 5.32 Å². The number of ether oxygens (including phenoxy) is 1. The van der Waals surface area contributed by atoms with Crippen LogP contribution >= 0.6 is 0 Å². The summed E-state index contributed by atoms with van der Waals surface area (Å²) in [5, 5.41) is 2.48. The minimum absolute atomic E-state index is 0.321. The molecule has 1 N–H and O–H groups in total. The first kappa shape index (κ1) is 12.4. The van der Waals surface area contributed by atoms with E-state index in [9.17, 15) is 9.59 Å². The van der Waals surface area contributed by atoms with Gasteiger partial charge in [-0.05, 0) is 12.5 Å². The first-order valence-corrected chi connectivity index (χ1v) is 5.10. The Morgan fingerprint density at radius 3 is 2.62 bits per heavy atom. The monoisotopic (exact) mass is 221 g/mol. The molecule has 0 radical (unpaired) electrons. The predicted molar refractivity (Wildman–Crippen MR) is 60.2 cm³/mol. The van der Waals surface area contributed by atoms with Crippen LogP contribution in [-0.4, -0.2) is 25.3 Å². The largest absolute Gasteiger partial charge is 0.380 e. The van der Waals surface area contributed by atoms with Crippen molar-refractivity contribution >= 4 is 11.7 Å². The quantitative estimate of drug-likeness (QED) is 0.599. The summed E-state index contributed by atoms with van der Waals surface area (Å²) in [6, 6.07) is 6.94. The summed E-state index contributed by atoms with van der Waals surface area (Å²) >= 11 is 0. The molecule has 0 saturated heterocycles. The molecule has 0 aliphatic heterocycles. The normalized spacial score (nSPS) is 9.88. The highest BCUT2D eigenvalue weighted by atomic mass is 16.5. The van der Waals surface area contributed by atoms with Crippen molar-refractivity contribution in [3.8, 4) is 0 Å². The zero-order valence-electron chi connectivity index (χ0n) is 9.45. The van der Waals surface area contributed by atoms with Gasteiger partial charge >= 0.3 is 0 Å². The first-order valence-electron chi connectivity index (χ1n) is 5.10. The molecule has 1 aromatic rings. The third-order valence-electron chi connectivity index (χ3n) is 2.11. The molecule has 0 bridgehead atoms. The van der Waals surface area contributed by atoms with E-state index in [1.54, 1.807) is 32.2 Å². The maximum absolute atomic E-state index is 11.8. The molecule has 0 atom stereocenters. The van der Waals surface area contributed by atoms with E-state index in [-0.39, 0.29) is 0 Å². The van der Waals surface area contributed by atoms with Crippen LogP contribution in [0.1, 0.15) is 22.8 Å². The van der Waals surface area contributed by atoms with Crippen LogP contribution in [0.4, 0.5) is 0 Å². The van der Waals surface area contributed by atoms with Crippen LogP contribution in [0.5, 0.6) is 0 Å². The fraction of sp³-hybridized carbons (Fsp3) is 0.333. The molecular weight excluding hydrogens is 206 g/mol. The van der Waals surface area contributed by atoms with E-state index in [1.807, 2.05) is 6.07 Å². The van der Waals surface area contributed by atoms with Gasteiger partial charge in [-0.25, -0.2) is 0 Å². The van der Waals surface area contributed by atoms with Crippen molar-refractivity contribution in [2.45, 2.75) is 13.5 Å². The Labute approximate surface area is 94.6 Å². The Morgan fingerprint density at radius 1 is 1.31 bits per heavy atom.